The van der Waals surface area contributed by atoms with Crippen LogP contribution in [0.15, 0.2) is 84.3 Å². The molecule has 0 aromatic carbocycles. The second kappa shape index (κ2) is 19.7. The summed E-state index contributed by atoms with van der Waals surface area (Å²) in [5.41, 5.74) is 2.59. The second-order valence-electron chi connectivity index (χ2n) is 14.3. The van der Waals surface area contributed by atoms with Gasteiger partial charge >= 0.3 is 6.03 Å². The lowest BCUT2D eigenvalue weighted by atomic mass is 10.2. The van der Waals surface area contributed by atoms with Gasteiger partial charge in [0.05, 0.1) is 77.0 Å². The molecule has 4 amide bonds. The molecule has 4 N–H and O–H groups in total. The molecule has 1 aliphatic heterocycles. The third kappa shape index (κ3) is 10.2. The monoisotopic (exact) mass is 852 g/mol. The van der Waals surface area contributed by atoms with Crippen molar-refractivity contribution in [3.8, 4) is 5.82 Å². The van der Waals surface area contributed by atoms with Crippen molar-refractivity contribution >= 4 is 52.2 Å². The Hall–Kier alpha value is -6.81. The summed E-state index contributed by atoms with van der Waals surface area (Å²) in [6.45, 7) is 3.88. The summed E-state index contributed by atoms with van der Waals surface area (Å²) in [5, 5.41) is 15.9. The van der Waals surface area contributed by atoms with Crippen LogP contribution < -0.4 is 31.7 Å². The molecule has 1 saturated carbocycles. The normalized spacial score (nSPS) is 16.2. The van der Waals surface area contributed by atoms with Crippen LogP contribution in [-0.2, 0) is 30.2 Å². The highest BCUT2D eigenvalue weighted by Crippen LogP contribution is 2.27. The number of imide groups is 1. The van der Waals surface area contributed by atoms with Crippen LogP contribution in [-0.4, -0.2) is 130 Å². The van der Waals surface area contributed by atoms with Crippen molar-refractivity contribution in [1.29, 1.82) is 0 Å². The predicted molar refractivity (Wildman–Crippen MR) is 223 cm³/mol. The van der Waals surface area contributed by atoms with E-state index < -0.39 is 24.2 Å². The second-order valence-corrected chi connectivity index (χ2v) is 14.3. The highest BCUT2D eigenvalue weighted by atomic mass is 19.1. The summed E-state index contributed by atoms with van der Waals surface area (Å²) in [7, 11) is 0. The fourth-order valence-electron chi connectivity index (χ4n) is 6.63. The van der Waals surface area contributed by atoms with E-state index in [-0.39, 0.29) is 41.5 Å². The summed E-state index contributed by atoms with van der Waals surface area (Å²) in [6.07, 6.45) is 8.16. The molecule has 0 unspecified atom stereocenters. The first kappa shape index (κ1) is 41.9. The molecule has 0 bridgehead atoms. The molecule has 6 aromatic rings. The van der Waals surface area contributed by atoms with E-state index in [2.05, 4.69) is 41.3 Å². The molecule has 0 spiro atoms. The maximum Gasteiger partial charge on any atom is 0.329 e. The molecule has 1 saturated heterocycles. The van der Waals surface area contributed by atoms with Crippen LogP contribution >= 0.6 is 0 Å². The molecule has 1 aliphatic carbocycles. The van der Waals surface area contributed by atoms with E-state index >= 15 is 0 Å². The fraction of sp³-hybridized carbons (Fsp3) is 0.366. The Morgan fingerprint density at radius 3 is 2.37 bits per heavy atom. The molecular weight excluding hydrogens is 808 g/mol. The molecular formula is C41H45FN12O8. The Morgan fingerprint density at radius 2 is 1.63 bits per heavy atom. The number of ether oxygens (including phenoxy) is 4. The van der Waals surface area contributed by atoms with Gasteiger partial charge in [-0.3, -0.25) is 33.6 Å². The van der Waals surface area contributed by atoms with E-state index in [1.807, 2.05) is 22.7 Å². The lowest BCUT2D eigenvalue weighted by Crippen LogP contribution is -2.50. The van der Waals surface area contributed by atoms with Gasteiger partial charge in [-0.25, -0.2) is 28.7 Å². The first-order valence-corrected chi connectivity index (χ1v) is 20.2. The van der Waals surface area contributed by atoms with E-state index in [1.54, 1.807) is 55.0 Å². The standard InChI is InChI=1S/C41H45FN12O8/c42-28-23-30(28)48-39(56)32-25-46-38-31(24-33(50-54(32)38)47-29-4-3-11-52(40(29)57)34-5-1-2-9-44-34)43-10-15-60-17-19-62-21-20-61-18-16-59-14-8-27-6-12-51-35(22-27)45-26-37(51)53-13-7-36(55)49-41(53)58/h1-6,9,11-12,22,24-26,28,30,43H,7-8,10,13-21,23H2,(H,47,50)(H,48,56)(H,49,55,58)/t28-,30+/m0/s1. The highest BCUT2D eigenvalue weighted by Gasteiger charge is 2.39. The van der Waals surface area contributed by atoms with Crippen molar-refractivity contribution in [3.63, 3.8) is 0 Å². The fourth-order valence-corrected chi connectivity index (χ4v) is 6.63. The Morgan fingerprint density at radius 1 is 0.855 bits per heavy atom. The van der Waals surface area contributed by atoms with E-state index in [4.69, 9.17) is 18.9 Å². The van der Waals surface area contributed by atoms with Gasteiger partial charge in [-0.05, 0) is 48.4 Å². The number of anilines is 4. The number of nitrogens with zero attached hydrogens (tertiary/aromatic N) is 8. The zero-order chi connectivity index (χ0) is 42.8. The van der Waals surface area contributed by atoms with Gasteiger partial charge in [0.25, 0.3) is 11.5 Å². The van der Waals surface area contributed by atoms with E-state index in [0.29, 0.717) is 101 Å². The summed E-state index contributed by atoms with van der Waals surface area (Å²) >= 11 is 0. The third-order valence-electron chi connectivity index (χ3n) is 9.94. The van der Waals surface area contributed by atoms with Gasteiger partial charge in [0.2, 0.25) is 5.91 Å². The van der Waals surface area contributed by atoms with Crippen molar-refractivity contribution in [2.45, 2.75) is 31.5 Å². The maximum absolute atomic E-state index is 13.6. The number of hydrogen-bond donors (Lipinski definition) is 4. The Labute approximate surface area is 353 Å². The largest absolute Gasteiger partial charge is 0.380 e. The van der Waals surface area contributed by atoms with Crippen molar-refractivity contribution in [1.82, 2.24) is 44.2 Å². The molecule has 21 heteroatoms. The smallest absolute Gasteiger partial charge is 0.329 e. The number of hydrogen-bond acceptors (Lipinski definition) is 14. The zero-order valence-corrected chi connectivity index (χ0v) is 33.6. The Balaban J connectivity index is 0.733. The van der Waals surface area contributed by atoms with E-state index in [9.17, 15) is 23.6 Å². The predicted octanol–water partition coefficient (Wildman–Crippen LogP) is 2.67. The number of nitrogens with one attached hydrogen (secondary N) is 4. The van der Waals surface area contributed by atoms with Gasteiger partial charge in [-0.2, -0.15) is 0 Å². The summed E-state index contributed by atoms with van der Waals surface area (Å²) in [6, 6.07) is 13.2. The molecule has 62 heavy (non-hydrogen) atoms. The van der Waals surface area contributed by atoms with Crippen molar-refractivity contribution < 1.29 is 37.7 Å². The number of imidazole rings is 2. The lowest BCUT2D eigenvalue weighted by molar-refractivity contribution is -0.120. The van der Waals surface area contributed by atoms with Gasteiger partial charge in [0, 0.05) is 50.6 Å². The van der Waals surface area contributed by atoms with Gasteiger partial charge < -0.3 is 34.9 Å². The number of carbonyl (C=O) groups is 3. The van der Waals surface area contributed by atoms with Crippen LogP contribution in [0.25, 0.3) is 17.1 Å². The van der Waals surface area contributed by atoms with E-state index in [1.165, 1.54) is 20.2 Å². The number of fused-ring (bicyclic) bond motifs is 2. The van der Waals surface area contributed by atoms with Crippen LogP contribution in [0.4, 0.5) is 32.2 Å². The number of pyridine rings is 3. The SMILES string of the molecule is O=C1CCN(c2cnc3cc(CCOCCOCCOCCOCCNc4cc(Nc5cccn(-c6ccccn6)c5=O)nn5c(C(=O)N[C@@H]6C[C@@H]6F)cnc45)ccn23)C(=O)N1. The topological polar surface area (TPSA) is 222 Å². The molecule has 7 heterocycles. The van der Waals surface area contributed by atoms with Gasteiger partial charge in [-0.1, -0.05) is 6.07 Å². The van der Waals surface area contributed by atoms with Crippen molar-refractivity contribution in [3.05, 3.63) is 101 Å². The Kier molecular flexibility index (Phi) is 13.3. The van der Waals surface area contributed by atoms with Crippen molar-refractivity contribution in [2.24, 2.45) is 0 Å². The molecule has 2 aliphatic rings. The van der Waals surface area contributed by atoms with Crippen molar-refractivity contribution in [2.75, 3.05) is 81.5 Å². The number of rotatable bonds is 22. The molecule has 2 fully saturated rings. The summed E-state index contributed by atoms with van der Waals surface area (Å²) in [4.78, 5) is 64.8. The minimum absolute atomic E-state index is 0.110. The maximum atomic E-state index is 13.6. The first-order chi connectivity index (χ1) is 30.3. The van der Waals surface area contributed by atoms with Gasteiger partial charge in [0.15, 0.2) is 17.2 Å². The summed E-state index contributed by atoms with van der Waals surface area (Å²) < 4.78 is 40.9. The van der Waals surface area contributed by atoms with Gasteiger partial charge in [-0.15, -0.1) is 5.10 Å². The number of urea groups is 1. The minimum Gasteiger partial charge on any atom is -0.380 e. The molecule has 8 rings (SSSR count). The molecule has 6 aromatic heterocycles. The van der Waals surface area contributed by atoms with E-state index in [0.717, 1.165) is 5.56 Å². The Bertz CT molecular complexity index is 2580. The summed E-state index contributed by atoms with van der Waals surface area (Å²) in [5.74, 6) is 0.514. The number of carbonyl (C=O) groups excluding carboxylic acids is 3. The van der Waals surface area contributed by atoms with Crippen LogP contribution in [0.5, 0.6) is 0 Å². The number of aromatic nitrogens is 7. The van der Waals surface area contributed by atoms with Crippen LogP contribution in [0.2, 0.25) is 0 Å². The molecule has 2 atom stereocenters. The first-order valence-electron chi connectivity index (χ1n) is 20.2. The lowest BCUT2D eigenvalue weighted by Gasteiger charge is -2.25. The zero-order valence-electron chi connectivity index (χ0n) is 33.6. The van der Waals surface area contributed by atoms with Crippen LogP contribution in [0, 0.1) is 0 Å². The van der Waals surface area contributed by atoms with Crippen LogP contribution in [0.1, 0.15) is 28.9 Å². The van der Waals surface area contributed by atoms with Crippen LogP contribution in [0.3, 0.4) is 0 Å². The quantitative estimate of drug-likeness (QED) is 0.0722. The average molecular weight is 853 g/mol. The number of alkyl halides is 1. The number of amides is 4. The average Bonchev–Trinajstić information content (AvgIpc) is 3.58. The minimum atomic E-state index is -1.08. The van der Waals surface area contributed by atoms with Gasteiger partial charge in [0.1, 0.15) is 29.1 Å². The molecule has 20 nitrogen and oxygen atoms in total. The highest BCUT2D eigenvalue weighted by molar-refractivity contribution is 6.05. The third-order valence-corrected chi connectivity index (χ3v) is 9.94. The molecule has 324 valence electrons. The molecule has 0 radical (unpaired) electrons. The number of halogens is 1.